The Morgan fingerprint density at radius 3 is 2.35 bits per heavy atom. The van der Waals surface area contributed by atoms with Crippen molar-refractivity contribution in [2.75, 3.05) is 12.0 Å². The topological polar surface area (TPSA) is 24.1 Å². The van der Waals surface area contributed by atoms with E-state index in [4.69, 9.17) is 0 Å². The molecule has 0 aliphatic carbocycles. The van der Waals surface area contributed by atoms with Gasteiger partial charge in [0.25, 0.3) is 0 Å². The first-order valence-corrected chi connectivity index (χ1v) is 6.29. The molecule has 20 heavy (non-hydrogen) atoms. The van der Waals surface area contributed by atoms with E-state index in [2.05, 4.69) is 10.6 Å². The van der Waals surface area contributed by atoms with Gasteiger partial charge >= 0.3 is 6.18 Å². The standard InChI is InChI=1S/C15H13F3N2/c16-15(17,18)11-7-5-10(6-8-11)14-12-3-1-2-4-13(12)19-9-20-14/h1-8,14,19-20H,9H2/t14-/m1/s1. The number of alkyl halides is 3. The van der Waals surface area contributed by atoms with Crippen molar-refractivity contribution in [1.82, 2.24) is 5.32 Å². The van der Waals surface area contributed by atoms with Gasteiger partial charge in [0.1, 0.15) is 0 Å². The van der Waals surface area contributed by atoms with Crippen LogP contribution in [-0.4, -0.2) is 6.67 Å². The molecule has 0 unspecified atom stereocenters. The number of para-hydroxylation sites is 1. The number of halogens is 3. The van der Waals surface area contributed by atoms with E-state index >= 15 is 0 Å². The van der Waals surface area contributed by atoms with Crippen LogP contribution in [0.3, 0.4) is 0 Å². The van der Waals surface area contributed by atoms with E-state index in [1.165, 1.54) is 12.1 Å². The van der Waals surface area contributed by atoms with Crippen LogP contribution in [0.25, 0.3) is 0 Å². The molecule has 2 aromatic carbocycles. The Morgan fingerprint density at radius 2 is 1.65 bits per heavy atom. The van der Waals surface area contributed by atoms with E-state index in [1.807, 2.05) is 24.3 Å². The lowest BCUT2D eigenvalue weighted by Gasteiger charge is -2.28. The van der Waals surface area contributed by atoms with E-state index in [-0.39, 0.29) is 6.04 Å². The third-order valence-corrected chi connectivity index (χ3v) is 3.43. The Labute approximate surface area is 114 Å². The fraction of sp³-hybridized carbons (Fsp3) is 0.200. The van der Waals surface area contributed by atoms with Crippen molar-refractivity contribution in [1.29, 1.82) is 0 Å². The molecule has 0 bridgehead atoms. The molecule has 2 nitrogen and oxygen atoms in total. The molecule has 0 saturated heterocycles. The minimum atomic E-state index is -4.29. The second-order valence-electron chi connectivity index (χ2n) is 4.70. The number of fused-ring (bicyclic) bond motifs is 1. The maximum atomic E-state index is 12.6. The summed E-state index contributed by atoms with van der Waals surface area (Å²) in [6.45, 7) is 0.586. The Bertz CT molecular complexity index is 605. The van der Waals surface area contributed by atoms with Gasteiger partial charge in [-0.15, -0.1) is 0 Å². The summed E-state index contributed by atoms with van der Waals surface area (Å²) < 4.78 is 37.7. The molecular formula is C15H13F3N2. The first-order valence-electron chi connectivity index (χ1n) is 6.29. The zero-order valence-electron chi connectivity index (χ0n) is 10.5. The molecule has 1 aliphatic rings. The number of anilines is 1. The van der Waals surface area contributed by atoms with Crippen molar-refractivity contribution >= 4 is 5.69 Å². The molecule has 1 atom stereocenters. The fourth-order valence-electron chi connectivity index (χ4n) is 2.43. The van der Waals surface area contributed by atoms with Gasteiger partial charge in [0.15, 0.2) is 0 Å². The van der Waals surface area contributed by atoms with Crippen LogP contribution in [-0.2, 0) is 6.18 Å². The van der Waals surface area contributed by atoms with E-state index in [0.29, 0.717) is 6.67 Å². The molecule has 5 heteroatoms. The highest BCUT2D eigenvalue weighted by Crippen LogP contribution is 2.33. The molecule has 0 saturated carbocycles. The normalized spacial score (nSPS) is 18.2. The third-order valence-electron chi connectivity index (χ3n) is 3.43. The second kappa shape index (κ2) is 4.83. The van der Waals surface area contributed by atoms with E-state index in [9.17, 15) is 13.2 Å². The average molecular weight is 278 g/mol. The van der Waals surface area contributed by atoms with E-state index < -0.39 is 11.7 Å². The minimum absolute atomic E-state index is 0.0882. The van der Waals surface area contributed by atoms with Crippen molar-refractivity contribution in [3.63, 3.8) is 0 Å². The fourth-order valence-corrected chi connectivity index (χ4v) is 2.43. The summed E-state index contributed by atoms with van der Waals surface area (Å²) in [4.78, 5) is 0. The van der Waals surface area contributed by atoms with Crippen LogP contribution >= 0.6 is 0 Å². The highest BCUT2D eigenvalue weighted by atomic mass is 19.4. The predicted molar refractivity (Wildman–Crippen MR) is 71.4 cm³/mol. The quantitative estimate of drug-likeness (QED) is 0.829. The molecule has 0 spiro atoms. The van der Waals surface area contributed by atoms with Crippen molar-refractivity contribution < 1.29 is 13.2 Å². The van der Waals surface area contributed by atoms with Crippen LogP contribution in [0, 0.1) is 0 Å². The monoisotopic (exact) mass is 278 g/mol. The zero-order valence-corrected chi connectivity index (χ0v) is 10.5. The van der Waals surface area contributed by atoms with Gasteiger partial charge in [0.05, 0.1) is 18.3 Å². The highest BCUT2D eigenvalue weighted by molar-refractivity contribution is 5.56. The lowest BCUT2D eigenvalue weighted by atomic mass is 9.95. The SMILES string of the molecule is FC(F)(F)c1ccc([C@H]2NCNc3ccccc32)cc1. The summed E-state index contributed by atoms with van der Waals surface area (Å²) in [6.07, 6.45) is -4.29. The van der Waals surface area contributed by atoms with Gasteiger partial charge in [-0.3, -0.25) is 5.32 Å². The van der Waals surface area contributed by atoms with Crippen molar-refractivity contribution in [2.24, 2.45) is 0 Å². The smallest absolute Gasteiger partial charge is 0.372 e. The molecule has 0 radical (unpaired) electrons. The van der Waals surface area contributed by atoms with Gasteiger partial charge < -0.3 is 5.32 Å². The van der Waals surface area contributed by atoms with E-state index in [1.54, 1.807) is 0 Å². The van der Waals surface area contributed by atoms with Crippen LogP contribution < -0.4 is 10.6 Å². The number of nitrogens with one attached hydrogen (secondary N) is 2. The molecule has 0 fully saturated rings. The molecule has 1 aliphatic heterocycles. The van der Waals surface area contributed by atoms with Gasteiger partial charge in [-0.25, -0.2) is 0 Å². The van der Waals surface area contributed by atoms with Gasteiger partial charge in [-0.2, -0.15) is 13.2 Å². The molecule has 0 amide bonds. The van der Waals surface area contributed by atoms with Crippen LogP contribution in [0.15, 0.2) is 48.5 Å². The maximum absolute atomic E-state index is 12.6. The first-order chi connectivity index (χ1) is 9.55. The van der Waals surface area contributed by atoms with Crippen LogP contribution in [0.5, 0.6) is 0 Å². The largest absolute Gasteiger partial charge is 0.416 e. The van der Waals surface area contributed by atoms with Crippen LogP contribution in [0.2, 0.25) is 0 Å². The summed E-state index contributed by atoms with van der Waals surface area (Å²) >= 11 is 0. The predicted octanol–water partition coefficient (Wildman–Crippen LogP) is 3.77. The second-order valence-corrected chi connectivity index (χ2v) is 4.70. The summed E-state index contributed by atoms with van der Waals surface area (Å²) in [5, 5.41) is 6.46. The lowest BCUT2D eigenvalue weighted by Crippen LogP contribution is -2.33. The summed E-state index contributed by atoms with van der Waals surface area (Å²) in [7, 11) is 0. The van der Waals surface area contributed by atoms with Crippen molar-refractivity contribution in [3.8, 4) is 0 Å². The molecule has 3 rings (SSSR count). The lowest BCUT2D eigenvalue weighted by molar-refractivity contribution is -0.137. The Balaban J connectivity index is 1.95. The number of rotatable bonds is 1. The molecule has 0 aromatic heterocycles. The first kappa shape index (κ1) is 13.0. The van der Waals surface area contributed by atoms with Crippen LogP contribution in [0.1, 0.15) is 22.7 Å². The average Bonchev–Trinajstić information content (AvgIpc) is 2.46. The van der Waals surface area contributed by atoms with E-state index in [0.717, 1.165) is 28.9 Å². The van der Waals surface area contributed by atoms with Gasteiger partial charge in [-0.1, -0.05) is 30.3 Å². The Kier molecular flexibility index (Phi) is 3.14. The van der Waals surface area contributed by atoms with Gasteiger partial charge in [-0.05, 0) is 29.3 Å². The summed E-state index contributed by atoms with van der Waals surface area (Å²) in [5.41, 5.74) is 2.25. The van der Waals surface area contributed by atoms with Crippen LogP contribution in [0.4, 0.5) is 18.9 Å². The number of benzene rings is 2. The Morgan fingerprint density at radius 1 is 0.950 bits per heavy atom. The van der Waals surface area contributed by atoms with Gasteiger partial charge in [0, 0.05) is 5.69 Å². The number of hydrogen-bond donors (Lipinski definition) is 2. The number of hydrogen-bond acceptors (Lipinski definition) is 2. The third kappa shape index (κ3) is 2.36. The minimum Gasteiger partial charge on any atom is -0.372 e. The Hall–Kier alpha value is -2.01. The summed E-state index contributed by atoms with van der Waals surface area (Å²) in [5.74, 6) is 0. The molecular weight excluding hydrogens is 265 g/mol. The van der Waals surface area contributed by atoms with Crippen molar-refractivity contribution in [3.05, 3.63) is 65.2 Å². The van der Waals surface area contributed by atoms with Gasteiger partial charge in [0.2, 0.25) is 0 Å². The molecule has 2 aromatic rings. The summed E-state index contributed by atoms with van der Waals surface area (Å²) in [6, 6.07) is 13.0. The molecule has 104 valence electrons. The molecule has 2 N–H and O–H groups in total. The van der Waals surface area contributed by atoms with Crippen molar-refractivity contribution in [2.45, 2.75) is 12.2 Å². The highest BCUT2D eigenvalue weighted by Gasteiger charge is 2.30. The molecule has 1 heterocycles. The zero-order chi connectivity index (χ0) is 14.2. The maximum Gasteiger partial charge on any atom is 0.416 e.